The zero-order valence-electron chi connectivity index (χ0n) is 13.6. The molecule has 0 atom stereocenters. The molecule has 6 heteroatoms. The lowest BCUT2D eigenvalue weighted by molar-refractivity contribution is 0.102. The molecule has 24 heavy (non-hydrogen) atoms. The van der Waals surface area contributed by atoms with E-state index in [1.807, 2.05) is 6.07 Å². The smallest absolute Gasteiger partial charge is 0.255 e. The predicted octanol–water partition coefficient (Wildman–Crippen LogP) is 3.23. The molecule has 0 saturated heterocycles. The molecule has 1 aliphatic carbocycles. The molecule has 0 heterocycles. The van der Waals surface area contributed by atoms with Crippen molar-refractivity contribution in [2.75, 3.05) is 18.7 Å². The van der Waals surface area contributed by atoms with Gasteiger partial charge in [0, 0.05) is 11.8 Å². The highest BCUT2D eigenvalue weighted by Gasteiger charge is 2.27. The van der Waals surface area contributed by atoms with Crippen molar-refractivity contribution < 1.29 is 17.9 Å². The number of methoxy groups -OCH3 is 1. The molecular weight excluding hydrogens is 326 g/mol. The second-order valence-electron chi connectivity index (χ2n) is 5.95. The topological polar surface area (TPSA) is 72.5 Å². The van der Waals surface area contributed by atoms with Crippen molar-refractivity contribution in [3.8, 4) is 5.75 Å². The van der Waals surface area contributed by atoms with E-state index in [2.05, 4.69) is 5.32 Å². The molecule has 2 aromatic rings. The van der Waals surface area contributed by atoms with Crippen molar-refractivity contribution in [2.24, 2.45) is 0 Å². The highest BCUT2D eigenvalue weighted by molar-refractivity contribution is 7.90. The van der Waals surface area contributed by atoms with E-state index in [4.69, 9.17) is 4.74 Å². The van der Waals surface area contributed by atoms with Crippen LogP contribution in [0.3, 0.4) is 0 Å². The fraction of sp³-hybridized carbons (Fsp3) is 0.278. The van der Waals surface area contributed by atoms with Crippen molar-refractivity contribution in [2.45, 2.75) is 23.7 Å². The monoisotopic (exact) mass is 345 g/mol. The Morgan fingerprint density at radius 2 is 1.88 bits per heavy atom. The third-order valence-electron chi connectivity index (χ3n) is 4.04. The van der Waals surface area contributed by atoms with Crippen LogP contribution in [0, 0.1) is 0 Å². The minimum absolute atomic E-state index is 0.106. The molecule has 0 aromatic heterocycles. The molecule has 1 saturated carbocycles. The van der Waals surface area contributed by atoms with Crippen molar-refractivity contribution in [3.05, 3.63) is 53.6 Å². The molecular formula is C18H19NO4S. The summed E-state index contributed by atoms with van der Waals surface area (Å²) >= 11 is 0. The summed E-state index contributed by atoms with van der Waals surface area (Å²) in [6.07, 6.45) is 3.31. The van der Waals surface area contributed by atoms with Gasteiger partial charge in [-0.1, -0.05) is 12.1 Å². The van der Waals surface area contributed by atoms with Gasteiger partial charge in [0.25, 0.3) is 5.91 Å². The van der Waals surface area contributed by atoms with E-state index in [9.17, 15) is 13.2 Å². The molecule has 1 aliphatic rings. The summed E-state index contributed by atoms with van der Waals surface area (Å²) in [6.45, 7) is 0. The maximum atomic E-state index is 12.5. The fourth-order valence-electron chi connectivity index (χ4n) is 2.68. The van der Waals surface area contributed by atoms with Crippen LogP contribution in [0.25, 0.3) is 0 Å². The van der Waals surface area contributed by atoms with E-state index in [0.717, 1.165) is 30.4 Å². The van der Waals surface area contributed by atoms with E-state index in [1.165, 1.54) is 6.07 Å². The van der Waals surface area contributed by atoms with Gasteiger partial charge in [0.2, 0.25) is 0 Å². The summed E-state index contributed by atoms with van der Waals surface area (Å²) in [5.74, 6) is 0.886. The number of amides is 1. The molecule has 0 radical (unpaired) electrons. The van der Waals surface area contributed by atoms with Crippen molar-refractivity contribution >= 4 is 21.4 Å². The molecule has 5 nitrogen and oxygen atoms in total. The van der Waals surface area contributed by atoms with E-state index >= 15 is 0 Å². The quantitative estimate of drug-likeness (QED) is 0.903. The number of benzene rings is 2. The third-order valence-corrected chi connectivity index (χ3v) is 5.20. The first kappa shape index (κ1) is 16.5. The van der Waals surface area contributed by atoms with Gasteiger partial charge in [-0.3, -0.25) is 4.79 Å². The van der Waals surface area contributed by atoms with Crippen LogP contribution in [-0.2, 0) is 9.84 Å². The molecule has 1 amide bonds. The number of nitrogens with one attached hydrogen (secondary N) is 1. The van der Waals surface area contributed by atoms with Gasteiger partial charge in [-0.2, -0.15) is 0 Å². The molecule has 2 aromatic carbocycles. The Bertz CT molecular complexity index is 886. The Hall–Kier alpha value is -2.34. The second-order valence-corrected chi connectivity index (χ2v) is 7.94. The number of hydrogen-bond donors (Lipinski definition) is 1. The maximum absolute atomic E-state index is 12.5. The lowest BCUT2D eigenvalue weighted by Crippen LogP contribution is -2.15. The maximum Gasteiger partial charge on any atom is 0.255 e. The Balaban J connectivity index is 1.90. The SMILES string of the molecule is COc1ccc(C(=O)Nc2ccccc2S(C)(=O)=O)cc1C1CC1. The summed E-state index contributed by atoms with van der Waals surface area (Å²) in [7, 11) is -1.80. The average Bonchev–Trinajstić information content (AvgIpc) is 3.38. The lowest BCUT2D eigenvalue weighted by atomic mass is 10.0. The molecule has 0 aliphatic heterocycles. The molecule has 0 unspecified atom stereocenters. The van der Waals surface area contributed by atoms with Gasteiger partial charge in [-0.25, -0.2) is 8.42 Å². The third kappa shape index (κ3) is 3.43. The number of sulfone groups is 1. The average molecular weight is 345 g/mol. The van der Waals surface area contributed by atoms with Gasteiger partial charge < -0.3 is 10.1 Å². The number of carbonyl (C=O) groups excluding carboxylic acids is 1. The number of ether oxygens (including phenoxy) is 1. The minimum Gasteiger partial charge on any atom is -0.496 e. The largest absolute Gasteiger partial charge is 0.496 e. The highest BCUT2D eigenvalue weighted by atomic mass is 32.2. The number of para-hydroxylation sites is 1. The van der Waals surface area contributed by atoms with Crippen LogP contribution < -0.4 is 10.1 Å². The Morgan fingerprint density at radius 3 is 2.50 bits per heavy atom. The van der Waals surface area contributed by atoms with E-state index in [-0.39, 0.29) is 16.5 Å². The normalized spacial score (nSPS) is 14.2. The van der Waals surface area contributed by atoms with Gasteiger partial charge >= 0.3 is 0 Å². The highest BCUT2D eigenvalue weighted by Crippen LogP contribution is 2.44. The van der Waals surface area contributed by atoms with Crippen LogP contribution in [0.5, 0.6) is 5.75 Å². The number of anilines is 1. The summed E-state index contributed by atoms with van der Waals surface area (Å²) in [4.78, 5) is 12.6. The van der Waals surface area contributed by atoms with Crippen molar-refractivity contribution in [1.82, 2.24) is 0 Å². The molecule has 1 N–H and O–H groups in total. The summed E-state index contributed by atoms with van der Waals surface area (Å²) in [5.41, 5.74) is 1.80. The van der Waals surface area contributed by atoms with Crippen LogP contribution in [0.15, 0.2) is 47.4 Å². The molecule has 0 spiro atoms. The number of hydrogen-bond acceptors (Lipinski definition) is 4. The second kappa shape index (κ2) is 6.28. The van der Waals surface area contributed by atoms with Gasteiger partial charge in [-0.05, 0) is 54.7 Å². The van der Waals surface area contributed by atoms with E-state index in [0.29, 0.717) is 11.5 Å². The van der Waals surface area contributed by atoms with Crippen LogP contribution in [0.4, 0.5) is 5.69 Å². The summed E-state index contributed by atoms with van der Waals surface area (Å²) in [5, 5.41) is 2.70. The first-order valence-electron chi connectivity index (χ1n) is 7.68. The lowest BCUT2D eigenvalue weighted by Gasteiger charge is -2.12. The number of carbonyl (C=O) groups is 1. The Morgan fingerprint density at radius 1 is 1.17 bits per heavy atom. The van der Waals surface area contributed by atoms with E-state index in [1.54, 1.807) is 37.4 Å². The van der Waals surface area contributed by atoms with Gasteiger partial charge in [0.05, 0.1) is 17.7 Å². The van der Waals surface area contributed by atoms with Gasteiger partial charge in [-0.15, -0.1) is 0 Å². The zero-order chi connectivity index (χ0) is 17.3. The molecule has 3 rings (SSSR count). The molecule has 0 bridgehead atoms. The van der Waals surface area contributed by atoms with Crippen LogP contribution in [0.2, 0.25) is 0 Å². The van der Waals surface area contributed by atoms with Gasteiger partial charge in [0.15, 0.2) is 9.84 Å². The van der Waals surface area contributed by atoms with Crippen LogP contribution in [-0.4, -0.2) is 27.7 Å². The first-order valence-corrected chi connectivity index (χ1v) is 9.57. The van der Waals surface area contributed by atoms with Crippen molar-refractivity contribution in [3.63, 3.8) is 0 Å². The van der Waals surface area contributed by atoms with Crippen molar-refractivity contribution in [1.29, 1.82) is 0 Å². The summed E-state index contributed by atoms with van der Waals surface area (Å²) in [6, 6.07) is 11.7. The standard InChI is InChI=1S/C18H19NO4S/c1-23-16-10-9-13(11-14(16)12-7-8-12)18(20)19-15-5-3-4-6-17(15)24(2,21)22/h3-6,9-12H,7-8H2,1-2H3,(H,19,20). The number of rotatable bonds is 5. The van der Waals surface area contributed by atoms with Crippen LogP contribution in [0.1, 0.15) is 34.7 Å². The minimum atomic E-state index is -3.42. The zero-order valence-corrected chi connectivity index (χ0v) is 14.4. The van der Waals surface area contributed by atoms with E-state index < -0.39 is 9.84 Å². The molecule has 126 valence electrons. The predicted molar refractivity (Wildman–Crippen MR) is 92.5 cm³/mol. The Labute approximate surface area is 141 Å². The van der Waals surface area contributed by atoms with Gasteiger partial charge in [0.1, 0.15) is 5.75 Å². The fourth-order valence-corrected chi connectivity index (χ4v) is 3.52. The molecule has 1 fully saturated rings. The first-order chi connectivity index (χ1) is 11.4. The van der Waals surface area contributed by atoms with Crippen LogP contribution >= 0.6 is 0 Å². The Kier molecular flexibility index (Phi) is 4.32. The summed E-state index contributed by atoms with van der Waals surface area (Å²) < 4.78 is 29.0.